The van der Waals surface area contributed by atoms with E-state index in [-0.39, 0.29) is 0 Å². The summed E-state index contributed by atoms with van der Waals surface area (Å²) in [6.07, 6.45) is 1.75. The first-order valence-electron chi connectivity index (χ1n) is 14.2. The van der Waals surface area contributed by atoms with Crippen molar-refractivity contribution in [2.45, 2.75) is 0 Å². The van der Waals surface area contributed by atoms with E-state index in [1.54, 1.807) is 6.20 Å². The van der Waals surface area contributed by atoms with E-state index in [0.717, 1.165) is 49.2 Å². The van der Waals surface area contributed by atoms with E-state index in [0.29, 0.717) is 23.2 Å². The Labute approximate surface area is 246 Å². The van der Waals surface area contributed by atoms with Gasteiger partial charge < -0.3 is 4.42 Å². The van der Waals surface area contributed by atoms with Gasteiger partial charge >= 0.3 is 0 Å². The first kappa shape index (κ1) is 23.7. The van der Waals surface area contributed by atoms with Gasteiger partial charge in [-0.2, -0.15) is 0 Å². The molecular formula is C38H22N4O. The van der Waals surface area contributed by atoms with Crippen LogP contribution in [-0.4, -0.2) is 19.9 Å². The Bertz CT molecular complexity index is 2520. The van der Waals surface area contributed by atoms with E-state index in [9.17, 15) is 0 Å². The van der Waals surface area contributed by atoms with Gasteiger partial charge in [-0.3, -0.25) is 4.98 Å². The standard InChI is InChI=1S/C38H22N4O/c1-2-10-25(11-3-1)36-40-37(42-38(41-36)35-34-29-14-6-7-16-31(29)43-32(34)21-22-39-35)30-15-8-12-24-18-19-27-26-13-5-4-9-23(26)17-20-28(27)33(24)30/h1-22H. The predicted molar refractivity (Wildman–Crippen MR) is 174 cm³/mol. The predicted octanol–water partition coefficient (Wildman–Crippen LogP) is 9.63. The largest absolute Gasteiger partial charge is 0.456 e. The molecule has 0 amide bonds. The summed E-state index contributed by atoms with van der Waals surface area (Å²) in [6.45, 7) is 0. The maximum atomic E-state index is 6.17. The number of fused-ring (bicyclic) bond motifs is 8. The molecule has 3 aromatic heterocycles. The Hall–Kier alpha value is -5.94. The van der Waals surface area contributed by atoms with E-state index in [4.69, 9.17) is 24.4 Å². The monoisotopic (exact) mass is 550 g/mol. The number of hydrogen-bond donors (Lipinski definition) is 0. The van der Waals surface area contributed by atoms with E-state index in [1.165, 1.54) is 16.2 Å². The zero-order valence-corrected chi connectivity index (χ0v) is 22.9. The number of rotatable bonds is 3. The summed E-state index contributed by atoms with van der Waals surface area (Å²) < 4.78 is 6.17. The number of benzene rings is 6. The third-order valence-corrected chi connectivity index (χ3v) is 8.18. The highest BCUT2D eigenvalue weighted by Crippen LogP contribution is 2.38. The maximum Gasteiger partial charge on any atom is 0.183 e. The first-order valence-corrected chi connectivity index (χ1v) is 14.2. The normalized spacial score (nSPS) is 11.7. The second-order valence-electron chi connectivity index (χ2n) is 10.7. The second-order valence-corrected chi connectivity index (χ2v) is 10.7. The van der Waals surface area contributed by atoms with Crippen molar-refractivity contribution in [1.82, 2.24) is 19.9 Å². The van der Waals surface area contributed by atoms with E-state index in [1.807, 2.05) is 60.7 Å². The van der Waals surface area contributed by atoms with Gasteiger partial charge in [0.05, 0.1) is 5.39 Å². The topological polar surface area (TPSA) is 64.7 Å². The smallest absolute Gasteiger partial charge is 0.183 e. The molecular weight excluding hydrogens is 528 g/mol. The van der Waals surface area contributed by atoms with Crippen LogP contribution in [0.5, 0.6) is 0 Å². The molecule has 9 aromatic rings. The highest BCUT2D eigenvalue weighted by atomic mass is 16.3. The summed E-state index contributed by atoms with van der Waals surface area (Å²) in [5.41, 5.74) is 4.07. The Morgan fingerprint density at radius 3 is 2.07 bits per heavy atom. The van der Waals surface area contributed by atoms with Gasteiger partial charge in [-0.15, -0.1) is 0 Å². The van der Waals surface area contributed by atoms with Crippen LogP contribution in [0.25, 0.3) is 88.5 Å². The van der Waals surface area contributed by atoms with Crippen LogP contribution in [0.1, 0.15) is 0 Å². The third kappa shape index (κ3) is 3.72. The molecule has 0 N–H and O–H groups in total. The second kappa shape index (κ2) is 9.29. The number of furan rings is 1. The molecule has 9 rings (SSSR count). The SMILES string of the molecule is c1ccc(-c2nc(-c3cccc4ccc5c6ccccc6ccc5c34)nc(-c3nccc4oc5ccccc5c34)n2)cc1. The minimum Gasteiger partial charge on any atom is -0.456 e. The van der Waals surface area contributed by atoms with Crippen LogP contribution in [0.3, 0.4) is 0 Å². The maximum absolute atomic E-state index is 6.17. The number of nitrogens with zero attached hydrogens (tertiary/aromatic N) is 4. The summed E-state index contributed by atoms with van der Waals surface area (Å²) in [6, 6.07) is 43.6. The van der Waals surface area contributed by atoms with Gasteiger partial charge in [0.25, 0.3) is 0 Å². The van der Waals surface area contributed by atoms with Crippen LogP contribution in [0.15, 0.2) is 138 Å². The molecule has 0 saturated heterocycles. The van der Waals surface area contributed by atoms with Gasteiger partial charge in [0, 0.05) is 28.1 Å². The molecule has 5 heteroatoms. The Balaban J connectivity index is 1.37. The van der Waals surface area contributed by atoms with E-state index < -0.39 is 0 Å². The van der Waals surface area contributed by atoms with Gasteiger partial charge in [-0.1, -0.05) is 115 Å². The van der Waals surface area contributed by atoms with Gasteiger partial charge in [0.2, 0.25) is 0 Å². The van der Waals surface area contributed by atoms with Crippen molar-refractivity contribution in [3.63, 3.8) is 0 Å². The van der Waals surface area contributed by atoms with E-state index >= 15 is 0 Å². The summed E-state index contributed by atoms with van der Waals surface area (Å²) in [5.74, 6) is 1.69. The lowest BCUT2D eigenvalue weighted by Crippen LogP contribution is -2.02. The Morgan fingerprint density at radius 2 is 1.14 bits per heavy atom. The molecule has 0 radical (unpaired) electrons. The van der Waals surface area contributed by atoms with Crippen molar-refractivity contribution < 1.29 is 4.42 Å². The van der Waals surface area contributed by atoms with Gasteiger partial charge in [-0.25, -0.2) is 15.0 Å². The lowest BCUT2D eigenvalue weighted by atomic mass is 9.94. The number of hydrogen-bond acceptors (Lipinski definition) is 5. The molecule has 0 aliphatic carbocycles. The van der Waals surface area contributed by atoms with Crippen LogP contribution in [0.4, 0.5) is 0 Å². The number of para-hydroxylation sites is 1. The molecule has 0 aliphatic heterocycles. The molecule has 5 nitrogen and oxygen atoms in total. The van der Waals surface area contributed by atoms with Crippen molar-refractivity contribution in [2.24, 2.45) is 0 Å². The average Bonchev–Trinajstić information content (AvgIpc) is 3.47. The fraction of sp³-hybridized carbons (Fsp3) is 0. The van der Waals surface area contributed by atoms with Crippen LogP contribution in [0.2, 0.25) is 0 Å². The van der Waals surface area contributed by atoms with Crippen molar-refractivity contribution in [3.8, 4) is 34.3 Å². The van der Waals surface area contributed by atoms with Crippen molar-refractivity contribution in [3.05, 3.63) is 134 Å². The zero-order chi connectivity index (χ0) is 28.3. The highest BCUT2D eigenvalue weighted by molar-refractivity contribution is 6.20. The number of pyridine rings is 1. The first-order chi connectivity index (χ1) is 21.3. The summed E-state index contributed by atoms with van der Waals surface area (Å²) in [7, 11) is 0. The number of aromatic nitrogens is 4. The fourth-order valence-corrected chi connectivity index (χ4v) is 6.22. The lowest BCUT2D eigenvalue weighted by Gasteiger charge is -2.13. The van der Waals surface area contributed by atoms with Crippen LogP contribution < -0.4 is 0 Å². The zero-order valence-electron chi connectivity index (χ0n) is 22.9. The Kier molecular flexibility index (Phi) is 5.13. The average molecular weight is 551 g/mol. The quantitative estimate of drug-likeness (QED) is 0.205. The fourth-order valence-electron chi connectivity index (χ4n) is 6.22. The van der Waals surface area contributed by atoms with Gasteiger partial charge in [0.15, 0.2) is 17.5 Å². The highest BCUT2D eigenvalue weighted by Gasteiger charge is 2.20. The molecule has 0 bridgehead atoms. The summed E-state index contributed by atoms with van der Waals surface area (Å²) >= 11 is 0. The molecule has 0 spiro atoms. The molecule has 3 heterocycles. The molecule has 6 aromatic carbocycles. The molecule has 0 unspecified atom stereocenters. The third-order valence-electron chi connectivity index (χ3n) is 8.18. The molecule has 43 heavy (non-hydrogen) atoms. The van der Waals surface area contributed by atoms with Gasteiger partial charge in [-0.05, 0) is 39.1 Å². The Morgan fingerprint density at radius 1 is 0.419 bits per heavy atom. The summed E-state index contributed by atoms with van der Waals surface area (Å²) in [4.78, 5) is 20.0. The molecule has 200 valence electrons. The lowest BCUT2D eigenvalue weighted by molar-refractivity contribution is 0.668. The van der Waals surface area contributed by atoms with Crippen LogP contribution >= 0.6 is 0 Å². The summed E-state index contributed by atoms with van der Waals surface area (Å²) in [5, 5.41) is 8.92. The van der Waals surface area contributed by atoms with Crippen LogP contribution in [-0.2, 0) is 0 Å². The molecule has 0 saturated carbocycles. The minimum atomic E-state index is 0.503. The minimum absolute atomic E-state index is 0.503. The molecule has 0 fully saturated rings. The molecule has 0 aliphatic rings. The van der Waals surface area contributed by atoms with Crippen molar-refractivity contribution in [1.29, 1.82) is 0 Å². The molecule has 0 atom stereocenters. The van der Waals surface area contributed by atoms with E-state index in [2.05, 4.69) is 66.7 Å². The van der Waals surface area contributed by atoms with Crippen molar-refractivity contribution >= 4 is 54.3 Å². The van der Waals surface area contributed by atoms with Crippen molar-refractivity contribution in [2.75, 3.05) is 0 Å². The van der Waals surface area contributed by atoms with Gasteiger partial charge in [0.1, 0.15) is 16.9 Å². The van der Waals surface area contributed by atoms with Crippen LogP contribution in [0, 0.1) is 0 Å².